The summed E-state index contributed by atoms with van der Waals surface area (Å²) in [5.74, 6) is -1.84. The zero-order valence-electron chi connectivity index (χ0n) is 17.3. The van der Waals surface area contributed by atoms with Crippen LogP contribution in [0.25, 0.3) is 0 Å². The van der Waals surface area contributed by atoms with E-state index in [0.29, 0.717) is 21.7 Å². The van der Waals surface area contributed by atoms with Gasteiger partial charge in [0.2, 0.25) is 0 Å². The molecule has 2 rings (SSSR count). The Labute approximate surface area is 184 Å². The number of aryl methyl sites for hydroxylation is 1. The van der Waals surface area contributed by atoms with E-state index in [-0.39, 0.29) is 6.61 Å². The van der Waals surface area contributed by atoms with Crippen molar-refractivity contribution in [3.05, 3.63) is 33.8 Å². The second-order valence-corrected chi connectivity index (χ2v) is 8.17. The molecule has 0 bridgehead atoms. The summed E-state index contributed by atoms with van der Waals surface area (Å²) in [6, 6.07) is 3.39. The van der Waals surface area contributed by atoms with Crippen molar-refractivity contribution < 1.29 is 38.4 Å². The van der Waals surface area contributed by atoms with Crippen LogP contribution >= 0.6 is 23.4 Å². The molecule has 0 unspecified atom stereocenters. The summed E-state index contributed by atoms with van der Waals surface area (Å²) in [5.41, 5.74) is 1.03. The number of esters is 3. The largest absolute Gasteiger partial charge is 0.455 e. The molecule has 0 amide bonds. The van der Waals surface area contributed by atoms with Crippen molar-refractivity contribution in [1.82, 2.24) is 0 Å². The first-order valence-corrected chi connectivity index (χ1v) is 10.8. The number of hydrogen-bond acceptors (Lipinski definition) is 9. The van der Waals surface area contributed by atoms with Crippen molar-refractivity contribution in [3.63, 3.8) is 0 Å². The van der Waals surface area contributed by atoms with Gasteiger partial charge < -0.3 is 24.1 Å². The van der Waals surface area contributed by atoms with E-state index >= 15 is 0 Å². The molecular weight excluding hydrogens is 436 g/mol. The molecule has 1 N–H and O–H groups in total. The van der Waals surface area contributed by atoms with E-state index in [1.54, 1.807) is 25.3 Å². The van der Waals surface area contributed by atoms with Crippen LogP contribution in [0.1, 0.15) is 43.6 Å². The van der Waals surface area contributed by atoms with Crippen LogP contribution < -0.4 is 0 Å². The number of carbonyl (C=O) groups excluding carboxylic acids is 3. The first kappa shape index (κ1) is 24.5. The number of aliphatic hydroxyl groups is 1. The van der Waals surface area contributed by atoms with Gasteiger partial charge in [0.1, 0.15) is 11.5 Å². The molecule has 1 heterocycles. The molecule has 8 nitrogen and oxygen atoms in total. The van der Waals surface area contributed by atoms with Gasteiger partial charge in [-0.3, -0.25) is 14.4 Å². The normalized spacial score (nSPS) is 26.0. The smallest absolute Gasteiger partial charge is 0.303 e. The van der Waals surface area contributed by atoms with Crippen molar-refractivity contribution in [3.8, 4) is 0 Å². The average molecular weight is 461 g/mol. The Morgan fingerprint density at radius 2 is 1.57 bits per heavy atom. The van der Waals surface area contributed by atoms with Crippen LogP contribution in [0.15, 0.2) is 12.1 Å². The predicted molar refractivity (Wildman–Crippen MR) is 110 cm³/mol. The van der Waals surface area contributed by atoms with Crippen LogP contribution in [0.3, 0.4) is 0 Å². The quantitative estimate of drug-likeness (QED) is 0.506. The lowest BCUT2D eigenvalue weighted by Crippen LogP contribution is -2.57. The molecule has 30 heavy (non-hydrogen) atoms. The van der Waals surface area contributed by atoms with Crippen molar-refractivity contribution in [2.75, 3.05) is 6.26 Å². The fourth-order valence-corrected chi connectivity index (χ4v) is 4.26. The van der Waals surface area contributed by atoms with Crippen LogP contribution in [0.2, 0.25) is 5.02 Å². The minimum atomic E-state index is -1.10. The highest BCUT2D eigenvalue weighted by atomic mass is 35.5. The summed E-state index contributed by atoms with van der Waals surface area (Å²) >= 11 is 7.50. The molecular formula is C20H25ClO8S. The van der Waals surface area contributed by atoms with Crippen LogP contribution in [0, 0.1) is 6.92 Å². The molecule has 0 aromatic heterocycles. The predicted octanol–water partition coefficient (Wildman–Crippen LogP) is 2.70. The number of hydrogen-bond donors (Lipinski definition) is 1. The molecule has 0 spiro atoms. The minimum absolute atomic E-state index is 0.298. The maximum absolute atomic E-state index is 11.9. The Bertz CT molecular complexity index is 814. The first-order chi connectivity index (χ1) is 14.1. The van der Waals surface area contributed by atoms with Gasteiger partial charge in [0.25, 0.3) is 0 Å². The highest BCUT2D eigenvalue weighted by Crippen LogP contribution is 2.41. The van der Waals surface area contributed by atoms with Gasteiger partial charge in [0.15, 0.2) is 18.3 Å². The van der Waals surface area contributed by atoms with E-state index < -0.39 is 47.8 Å². The molecule has 1 aliphatic rings. The third-order valence-electron chi connectivity index (χ3n) is 4.48. The van der Waals surface area contributed by atoms with Crippen LogP contribution in [-0.4, -0.2) is 53.0 Å². The number of benzene rings is 1. The summed E-state index contributed by atoms with van der Waals surface area (Å²) in [6.45, 7) is 5.13. The van der Waals surface area contributed by atoms with Gasteiger partial charge >= 0.3 is 17.9 Å². The van der Waals surface area contributed by atoms with Gasteiger partial charge in [0.05, 0.1) is 6.61 Å². The number of rotatable bonds is 6. The van der Waals surface area contributed by atoms with Crippen LogP contribution in [-0.2, 0) is 39.9 Å². The zero-order valence-corrected chi connectivity index (χ0v) is 18.9. The topological polar surface area (TPSA) is 108 Å². The van der Waals surface area contributed by atoms with E-state index in [4.69, 9.17) is 30.5 Å². The standard InChI is InChI=1S/C20H25ClO8S/c1-9-6-13(7-14(8-22)15(9)21)16-17(26-10(2)23)18(27-11(3)24)19(28-12(4)25)20(29-16)30-5/h6-7,16-20,22H,8H2,1-5H3/t16-,17-,18+,19-,20+/m0/s1. The monoisotopic (exact) mass is 460 g/mol. The van der Waals surface area contributed by atoms with Crippen molar-refractivity contribution in [2.45, 2.75) is 64.2 Å². The third-order valence-corrected chi connectivity index (χ3v) is 5.87. The Morgan fingerprint density at radius 1 is 1.03 bits per heavy atom. The lowest BCUT2D eigenvalue weighted by Gasteiger charge is -2.44. The maximum Gasteiger partial charge on any atom is 0.303 e. The zero-order chi connectivity index (χ0) is 22.6. The Kier molecular flexibility index (Phi) is 8.54. The van der Waals surface area contributed by atoms with Crippen molar-refractivity contribution in [1.29, 1.82) is 0 Å². The fourth-order valence-electron chi connectivity index (χ4n) is 3.38. The average Bonchev–Trinajstić information content (AvgIpc) is 2.65. The summed E-state index contributed by atoms with van der Waals surface area (Å²) in [6.07, 6.45) is -2.29. The minimum Gasteiger partial charge on any atom is -0.455 e. The molecule has 1 saturated heterocycles. The molecule has 1 aromatic rings. The van der Waals surface area contributed by atoms with Crippen molar-refractivity contribution in [2.24, 2.45) is 0 Å². The maximum atomic E-state index is 11.9. The molecule has 166 valence electrons. The number of halogens is 1. The second-order valence-electron chi connectivity index (χ2n) is 6.85. The molecule has 1 fully saturated rings. The molecule has 10 heteroatoms. The molecule has 0 saturated carbocycles. The lowest BCUT2D eigenvalue weighted by atomic mass is 9.92. The lowest BCUT2D eigenvalue weighted by molar-refractivity contribution is -0.233. The summed E-state index contributed by atoms with van der Waals surface area (Å²) < 4.78 is 22.5. The number of aliphatic hydroxyl groups excluding tert-OH is 1. The van der Waals surface area contributed by atoms with E-state index in [1.807, 2.05) is 0 Å². The second kappa shape index (κ2) is 10.5. The molecule has 0 radical (unpaired) electrons. The SMILES string of the molecule is CS[C@H]1O[C@@H](c2cc(C)c(Cl)c(CO)c2)[C@H](OC(C)=O)[C@@H](OC(C)=O)[C@@H]1OC(C)=O. The third kappa shape index (κ3) is 5.66. The summed E-state index contributed by atoms with van der Waals surface area (Å²) in [7, 11) is 0. The van der Waals surface area contributed by atoms with Gasteiger partial charge in [-0.05, 0) is 35.9 Å². The van der Waals surface area contributed by atoms with E-state index in [0.717, 1.165) is 0 Å². The molecule has 1 aliphatic heterocycles. The molecule has 5 atom stereocenters. The first-order valence-electron chi connectivity index (χ1n) is 9.18. The fraction of sp³-hybridized carbons (Fsp3) is 0.550. The highest BCUT2D eigenvalue weighted by molar-refractivity contribution is 7.99. The number of carbonyl (C=O) groups is 3. The summed E-state index contributed by atoms with van der Waals surface area (Å²) in [4.78, 5) is 35.3. The number of ether oxygens (including phenoxy) is 4. The van der Waals surface area contributed by atoms with Crippen molar-refractivity contribution >= 4 is 41.3 Å². The van der Waals surface area contributed by atoms with E-state index in [9.17, 15) is 19.5 Å². The Balaban J connectivity index is 2.60. The van der Waals surface area contributed by atoms with Gasteiger partial charge in [-0.15, -0.1) is 11.8 Å². The Hall–Kier alpha value is -1.81. The van der Waals surface area contributed by atoms with Crippen LogP contribution in [0.5, 0.6) is 0 Å². The van der Waals surface area contributed by atoms with Gasteiger partial charge in [-0.1, -0.05) is 17.7 Å². The van der Waals surface area contributed by atoms with Crippen LogP contribution in [0.4, 0.5) is 0 Å². The van der Waals surface area contributed by atoms with Gasteiger partial charge in [-0.2, -0.15) is 0 Å². The highest BCUT2D eigenvalue weighted by Gasteiger charge is 2.52. The van der Waals surface area contributed by atoms with Gasteiger partial charge in [-0.25, -0.2) is 0 Å². The van der Waals surface area contributed by atoms with Gasteiger partial charge in [0, 0.05) is 25.8 Å². The number of thioether (sulfide) groups is 1. The molecule has 0 aliphatic carbocycles. The Morgan fingerprint density at radius 3 is 2.07 bits per heavy atom. The molecule has 1 aromatic carbocycles. The van der Waals surface area contributed by atoms with E-state index in [1.165, 1.54) is 32.5 Å². The van der Waals surface area contributed by atoms with E-state index in [2.05, 4.69) is 0 Å². The summed E-state index contributed by atoms with van der Waals surface area (Å²) in [5, 5.41) is 10.1.